The molecule has 0 amide bonds. The number of rotatable bonds is 2. The van der Waals surface area contributed by atoms with Crippen molar-refractivity contribution in [2.45, 2.75) is 53.0 Å². The first kappa shape index (κ1) is 11.1. The highest BCUT2D eigenvalue weighted by Crippen LogP contribution is 2.17. The van der Waals surface area contributed by atoms with Gasteiger partial charge in [-0.15, -0.1) is 0 Å². The molecule has 0 aromatic carbocycles. The summed E-state index contributed by atoms with van der Waals surface area (Å²) in [7, 11) is 0. The number of aromatic nitrogens is 2. The van der Waals surface area contributed by atoms with Gasteiger partial charge in [-0.05, 0) is 33.6 Å². The van der Waals surface area contributed by atoms with Gasteiger partial charge in [-0.1, -0.05) is 13.8 Å². The maximum atomic E-state index is 11.6. The minimum atomic E-state index is -0.0437. The van der Waals surface area contributed by atoms with Gasteiger partial charge < -0.3 is 0 Å². The van der Waals surface area contributed by atoms with Gasteiger partial charge in [0.25, 0.3) is 5.56 Å². The Morgan fingerprint density at radius 3 is 2.14 bits per heavy atom. The summed E-state index contributed by atoms with van der Waals surface area (Å²) in [6.07, 6.45) is 1.71. The monoisotopic (exact) mass is 196 g/mol. The summed E-state index contributed by atoms with van der Waals surface area (Å²) in [6, 6.07) is 0. The smallest absolute Gasteiger partial charge is 0.267 e. The zero-order valence-electron chi connectivity index (χ0n) is 9.77. The SMILES string of the molecule is CCc1c(CC)n(C(C)(C)C)[nH]c1=O. The van der Waals surface area contributed by atoms with E-state index in [9.17, 15) is 4.79 Å². The first-order valence-electron chi connectivity index (χ1n) is 5.25. The quantitative estimate of drug-likeness (QED) is 0.772. The molecule has 0 unspecified atom stereocenters. The van der Waals surface area contributed by atoms with Gasteiger partial charge in [-0.25, -0.2) is 0 Å². The molecular weight excluding hydrogens is 176 g/mol. The zero-order chi connectivity index (χ0) is 10.9. The summed E-state index contributed by atoms with van der Waals surface area (Å²) in [6.45, 7) is 10.4. The molecule has 0 aliphatic carbocycles. The second-order valence-electron chi connectivity index (χ2n) is 4.58. The minimum absolute atomic E-state index is 0.0437. The van der Waals surface area contributed by atoms with Gasteiger partial charge in [0.05, 0.1) is 5.54 Å². The summed E-state index contributed by atoms with van der Waals surface area (Å²) in [5, 5.41) is 2.92. The summed E-state index contributed by atoms with van der Waals surface area (Å²) in [4.78, 5) is 11.6. The third-order valence-corrected chi connectivity index (χ3v) is 2.46. The Balaban J connectivity index is 3.39. The van der Waals surface area contributed by atoms with E-state index >= 15 is 0 Å². The van der Waals surface area contributed by atoms with Crippen molar-refractivity contribution in [3.8, 4) is 0 Å². The van der Waals surface area contributed by atoms with Crippen LogP contribution in [0, 0.1) is 0 Å². The standard InChI is InChI=1S/C11H20N2O/c1-6-8-9(7-2)13(11(3,4)5)12-10(8)14/h6-7H2,1-5H3,(H,12,14). The van der Waals surface area contributed by atoms with Crippen LogP contribution in [-0.4, -0.2) is 9.78 Å². The molecule has 3 heteroatoms. The van der Waals surface area contributed by atoms with Crippen LogP contribution in [0.25, 0.3) is 0 Å². The molecule has 1 heterocycles. The van der Waals surface area contributed by atoms with Crippen LogP contribution in [-0.2, 0) is 18.4 Å². The molecule has 80 valence electrons. The molecule has 1 N–H and O–H groups in total. The van der Waals surface area contributed by atoms with E-state index in [2.05, 4.69) is 32.8 Å². The highest BCUT2D eigenvalue weighted by atomic mass is 16.1. The van der Waals surface area contributed by atoms with E-state index in [1.807, 2.05) is 11.6 Å². The van der Waals surface area contributed by atoms with E-state index in [-0.39, 0.29) is 11.1 Å². The zero-order valence-corrected chi connectivity index (χ0v) is 9.77. The normalized spacial score (nSPS) is 12.1. The maximum Gasteiger partial charge on any atom is 0.267 e. The molecule has 0 aliphatic rings. The lowest BCUT2D eigenvalue weighted by molar-refractivity contribution is 0.342. The molecule has 0 aliphatic heterocycles. The number of H-pyrrole nitrogens is 1. The van der Waals surface area contributed by atoms with Crippen molar-refractivity contribution in [3.63, 3.8) is 0 Å². The fourth-order valence-corrected chi connectivity index (χ4v) is 1.81. The van der Waals surface area contributed by atoms with Gasteiger partial charge in [0.2, 0.25) is 0 Å². The molecule has 0 radical (unpaired) electrons. The summed E-state index contributed by atoms with van der Waals surface area (Å²) in [5.41, 5.74) is 2.10. The van der Waals surface area contributed by atoms with Gasteiger partial charge in [-0.3, -0.25) is 14.6 Å². The fourth-order valence-electron chi connectivity index (χ4n) is 1.81. The second-order valence-corrected chi connectivity index (χ2v) is 4.58. The van der Waals surface area contributed by atoms with Crippen LogP contribution in [0.3, 0.4) is 0 Å². The van der Waals surface area contributed by atoms with Crippen LogP contribution in [0.4, 0.5) is 0 Å². The Hall–Kier alpha value is -0.990. The van der Waals surface area contributed by atoms with E-state index < -0.39 is 0 Å². The predicted molar refractivity (Wildman–Crippen MR) is 58.8 cm³/mol. The molecule has 0 spiro atoms. The molecule has 0 bridgehead atoms. The summed E-state index contributed by atoms with van der Waals surface area (Å²) >= 11 is 0. The third-order valence-electron chi connectivity index (χ3n) is 2.46. The topological polar surface area (TPSA) is 37.8 Å². The molecule has 1 rings (SSSR count). The molecule has 0 atom stereocenters. The lowest BCUT2D eigenvalue weighted by Gasteiger charge is -2.23. The molecule has 0 saturated heterocycles. The van der Waals surface area contributed by atoms with Crippen molar-refractivity contribution < 1.29 is 0 Å². The van der Waals surface area contributed by atoms with E-state index in [0.29, 0.717) is 0 Å². The van der Waals surface area contributed by atoms with Crippen molar-refractivity contribution in [1.82, 2.24) is 9.78 Å². The molecular formula is C11H20N2O. The van der Waals surface area contributed by atoms with Crippen LogP contribution in [0.2, 0.25) is 0 Å². The molecule has 1 aromatic rings. The first-order chi connectivity index (χ1) is 6.41. The van der Waals surface area contributed by atoms with Crippen molar-refractivity contribution in [3.05, 3.63) is 21.6 Å². The second kappa shape index (κ2) is 3.64. The Morgan fingerprint density at radius 1 is 1.21 bits per heavy atom. The summed E-state index contributed by atoms with van der Waals surface area (Å²) in [5.74, 6) is 0. The Kier molecular flexibility index (Phi) is 2.88. The third kappa shape index (κ3) is 1.76. The number of nitrogens with one attached hydrogen (secondary N) is 1. The number of nitrogens with zero attached hydrogens (tertiary/aromatic N) is 1. The maximum absolute atomic E-state index is 11.6. The molecule has 1 aromatic heterocycles. The molecule has 3 nitrogen and oxygen atoms in total. The Morgan fingerprint density at radius 2 is 1.79 bits per heavy atom. The Bertz CT molecular complexity index is 366. The lowest BCUT2D eigenvalue weighted by Crippen LogP contribution is -2.26. The largest absolute Gasteiger partial charge is 0.284 e. The van der Waals surface area contributed by atoms with E-state index in [1.165, 1.54) is 0 Å². The number of aromatic amines is 1. The first-order valence-corrected chi connectivity index (χ1v) is 5.25. The van der Waals surface area contributed by atoms with Crippen molar-refractivity contribution in [2.24, 2.45) is 0 Å². The predicted octanol–water partition coefficient (Wildman–Crippen LogP) is 2.06. The van der Waals surface area contributed by atoms with Crippen LogP contribution in [0.15, 0.2) is 4.79 Å². The molecule has 0 saturated carbocycles. The highest BCUT2D eigenvalue weighted by molar-refractivity contribution is 5.19. The van der Waals surface area contributed by atoms with E-state index in [4.69, 9.17) is 0 Å². The van der Waals surface area contributed by atoms with Crippen molar-refractivity contribution in [2.75, 3.05) is 0 Å². The number of hydrogen-bond donors (Lipinski definition) is 1. The minimum Gasteiger partial charge on any atom is -0.284 e. The number of hydrogen-bond acceptors (Lipinski definition) is 1. The fraction of sp³-hybridized carbons (Fsp3) is 0.727. The van der Waals surface area contributed by atoms with Crippen molar-refractivity contribution >= 4 is 0 Å². The van der Waals surface area contributed by atoms with Crippen LogP contribution in [0.1, 0.15) is 45.9 Å². The summed E-state index contributed by atoms with van der Waals surface area (Å²) < 4.78 is 1.99. The van der Waals surface area contributed by atoms with Crippen LogP contribution in [0.5, 0.6) is 0 Å². The lowest BCUT2D eigenvalue weighted by atomic mass is 10.1. The van der Waals surface area contributed by atoms with Crippen LogP contribution < -0.4 is 5.56 Å². The van der Waals surface area contributed by atoms with Gasteiger partial charge in [0.1, 0.15) is 0 Å². The van der Waals surface area contributed by atoms with Crippen LogP contribution >= 0.6 is 0 Å². The Labute approximate surface area is 85.1 Å². The molecule has 0 fully saturated rings. The van der Waals surface area contributed by atoms with Gasteiger partial charge >= 0.3 is 0 Å². The van der Waals surface area contributed by atoms with Gasteiger partial charge in [-0.2, -0.15) is 0 Å². The average molecular weight is 196 g/mol. The van der Waals surface area contributed by atoms with Gasteiger partial charge in [0, 0.05) is 11.3 Å². The molecule has 14 heavy (non-hydrogen) atoms. The van der Waals surface area contributed by atoms with E-state index in [1.54, 1.807) is 0 Å². The van der Waals surface area contributed by atoms with Crippen molar-refractivity contribution in [1.29, 1.82) is 0 Å². The highest BCUT2D eigenvalue weighted by Gasteiger charge is 2.20. The van der Waals surface area contributed by atoms with Gasteiger partial charge in [0.15, 0.2) is 0 Å². The van der Waals surface area contributed by atoms with E-state index in [0.717, 1.165) is 24.1 Å². The average Bonchev–Trinajstić information content (AvgIpc) is 2.40.